The summed E-state index contributed by atoms with van der Waals surface area (Å²) in [6, 6.07) is 11.6. The lowest BCUT2D eigenvalue weighted by Gasteiger charge is -2.16. The molecule has 5 rings (SSSR count). The lowest BCUT2D eigenvalue weighted by atomic mass is 10.0. The number of H-pyrrole nitrogens is 1. The number of anilines is 1. The first-order chi connectivity index (χ1) is 17.5. The Morgan fingerprint density at radius 3 is 2.81 bits per heavy atom. The van der Waals surface area contributed by atoms with Crippen molar-refractivity contribution in [3.05, 3.63) is 92.9 Å². The Labute approximate surface area is 206 Å². The number of hydrogen-bond donors (Lipinski definition) is 2. The van der Waals surface area contributed by atoms with E-state index < -0.39 is 11.7 Å². The number of carbonyl (C=O) groups excluding carboxylic acids is 1. The van der Waals surface area contributed by atoms with Crippen LogP contribution in [0.3, 0.4) is 0 Å². The molecule has 0 spiro atoms. The zero-order valence-electron chi connectivity index (χ0n) is 19.9. The Morgan fingerprint density at radius 2 is 2.03 bits per heavy atom. The van der Waals surface area contributed by atoms with E-state index in [-0.39, 0.29) is 23.9 Å². The van der Waals surface area contributed by atoms with Crippen molar-refractivity contribution < 1.29 is 13.9 Å². The number of ether oxygens (including phenoxy) is 1. The number of rotatable bonds is 7. The number of aromatic nitrogens is 4. The molecule has 0 fully saturated rings. The van der Waals surface area contributed by atoms with E-state index in [9.17, 15) is 14.0 Å². The minimum atomic E-state index is -0.599. The van der Waals surface area contributed by atoms with Gasteiger partial charge in [-0.05, 0) is 30.2 Å². The maximum atomic E-state index is 14.8. The smallest absolute Gasteiger partial charge is 0.272 e. The van der Waals surface area contributed by atoms with Gasteiger partial charge in [-0.1, -0.05) is 31.2 Å². The first kappa shape index (κ1) is 23.6. The number of halogens is 1. The number of fused-ring (bicyclic) bond motifs is 2. The molecule has 1 aliphatic heterocycles. The van der Waals surface area contributed by atoms with E-state index in [0.29, 0.717) is 41.3 Å². The molecule has 0 saturated carbocycles. The zero-order chi connectivity index (χ0) is 25.2. The molecule has 1 atom stereocenters. The van der Waals surface area contributed by atoms with Crippen molar-refractivity contribution in [1.82, 2.24) is 25.1 Å². The minimum Gasteiger partial charge on any atom is -0.362 e. The topological polar surface area (TPSA) is 113 Å². The van der Waals surface area contributed by atoms with Crippen LogP contribution in [-0.2, 0) is 24.2 Å². The Bertz CT molecular complexity index is 1500. The molecule has 1 unspecified atom stereocenters. The molecule has 10 heteroatoms. The third-order valence-corrected chi connectivity index (χ3v) is 6.30. The fraction of sp³-hybridized carbons (Fsp3) is 0.269. The predicted molar refractivity (Wildman–Crippen MR) is 132 cm³/mol. The highest BCUT2D eigenvalue weighted by Gasteiger charge is 2.28. The first-order valence-corrected chi connectivity index (χ1v) is 11.6. The van der Waals surface area contributed by atoms with Crippen LogP contribution in [0.2, 0.25) is 0 Å². The van der Waals surface area contributed by atoms with Crippen molar-refractivity contribution in [1.29, 1.82) is 0 Å². The number of nitrogens with zero attached hydrogens (tertiary/aromatic N) is 4. The van der Waals surface area contributed by atoms with Crippen molar-refractivity contribution in [3.63, 3.8) is 0 Å². The van der Waals surface area contributed by atoms with Gasteiger partial charge in [-0.3, -0.25) is 9.59 Å². The van der Waals surface area contributed by atoms with E-state index in [1.54, 1.807) is 42.5 Å². The van der Waals surface area contributed by atoms with E-state index in [1.807, 2.05) is 19.1 Å². The van der Waals surface area contributed by atoms with Gasteiger partial charge >= 0.3 is 0 Å². The van der Waals surface area contributed by atoms with Crippen molar-refractivity contribution in [2.45, 2.75) is 39.1 Å². The largest absolute Gasteiger partial charge is 0.362 e. The molecule has 184 valence electrons. The second-order valence-corrected chi connectivity index (χ2v) is 8.64. The molecule has 0 aliphatic carbocycles. The summed E-state index contributed by atoms with van der Waals surface area (Å²) in [7, 11) is 1.60. The zero-order valence-corrected chi connectivity index (χ0v) is 19.9. The van der Waals surface area contributed by atoms with E-state index in [0.717, 1.165) is 17.4 Å². The molecule has 0 saturated heterocycles. The van der Waals surface area contributed by atoms with Gasteiger partial charge in [0.1, 0.15) is 12.0 Å². The Morgan fingerprint density at radius 1 is 1.22 bits per heavy atom. The van der Waals surface area contributed by atoms with Gasteiger partial charge in [-0.2, -0.15) is 5.10 Å². The van der Waals surface area contributed by atoms with Gasteiger partial charge in [0, 0.05) is 37.2 Å². The second kappa shape index (κ2) is 9.82. The van der Waals surface area contributed by atoms with Crippen LogP contribution in [-0.4, -0.2) is 44.3 Å². The van der Waals surface area contributed by atoms with Crippen LogP contribution in [0, 0.1) is 5.82 Å². The van der Waals surface area contributed by atoms with Crippen LogP contribution >= 0.6 is 0 Å². The molecule has 4 aromatic rings. The molecule has 9 nitrogen and oxygen atoms in total. The van der Waals surface area contributed by atoms with Gasteiger partial charge in [0.25, 0.3) is 11.5 Å². The third-order valence-electron chi connectivity index (χ3n) is 6.30. The van der Waals surface area contributed by atoms with E-state index >= 15 is 0 Å². The van der Waals surface area contributed by atoms with Gasteiger partial charge in [-0.25, -0.2) is 19.5 Å². The van der Waals surface area contributed by atoms with Crippen molar-refractivity contribution in [2.24, 2.45) is 0 Å². The molecular weight excluding hydrogens is 463 g/mol. The number of benzene rings is 2. The summed E-state index contributed by atoms with van der Waals surface area (Å²) >= 11 is 0. The minimum absolute atomic E-state index is 0.0224. The van der Waals surface area contributed by atoms with Crippen LogP contribution in [0.15, 0.2) is 53.5 Å². The lowest BCUT2D eigenvalue weighted by Crippen LogP contribution is -2.26. The number of nitrogens with one attached hydrogen (secondary N) is 2. The van der Waals surface area contributed by atoms with Crippen LogP contribution < -0.4 is 10.9 Å². The average Bonchev–Trinajstić information content (AvgIpc) is 3.33. The summed E-state index contributed by atoms with van der Waals surface area (Å²) in [6.07, 6.45) is 2.53. The molecule has 0 bridgehead atoms. The summed E-state index contributed by atoms with van der Waals surface area (Å²) in [6.45, 7) is 2.53. The normalized spacial score (nSPS) is 13.6. The van der Waals surface area contributed by atoms with Gasteiger partial charge < -0.3 is 15.0 Å². The second-order valence-electron chi connectivity index (χ2n) is 8.64. The molecule has 3 heterocycles. The summed E-state index contributed by atoms with van der Waals surface area (Å²) in [5, 5.41) is 11.0. The third kappa shape index (κ3) is 4.55. The maximum Gasteiger partial charge on any atom is 0.272 e. The standard InChI is InChI=1S/C26H25FN6O3/c1-3-23(36-2)30-26-28-12-16-13-33(14-22(16)29-26)25(35)19-10-15(8-9-20(19)27)11-21-17-6-4-5-7-18(17)24(34)32-31-21/h4-10,12,23H,3,11,13-14H2,1-2H3,(H,32,34)(H,28,29,30). The number of amides is 1. The van der Waals surface area contributed by atoms with Gasteiger partial charge in [0.2, 0.25) is 5.95 Å². The van der Waals surface area contributed by atoms with Crippen molar-refractivity contribution >= 4 is 22.6 Å². The molecule has 2 aromatic heterocycles. The number of methoxy groups -OCH3 is 1. The Hall–Kier alpha value is -4.18. The van der Waals surface area contributed by atoms with E-state index in [4.69, 9.17) is 4.74 Å². The summed E-state index contributed by atoms with van der Waals surface area (Å²) in [5.74, 6) is -0.603. The van der Waals surface area contributed by atoms with Crippen LogP contribution in [0.1, 0.15) is 46.2 Å². The van der Waals surface area contributed by atoms with Gasteiger partial charge in [0.15, 0.2) is 0 Å². The van der Waals surface area contributed by atoms with Crippen LogP contribution in [0.25, 0.3) is 10.8 Å². The molecule has 36 heavy (non-hydrogen) atoms. The van der Waals surface area contributed by atoms with Crippen molar-refractivity contribution in [2.75, 3.05) is 12.4 Å². The van der Waals surface area contributed by atoms with Crippen molar-refractivity contribution in [3.8, 4) is 0 Å². The van der Waals surface area contributed by atoms with Gasteiger partial charge in [0.05, 0.1) is 28.9 Å². The Balaban J connectivity index is 1.36. The molecular formula is C26H25FN6O3. The molecule has 1 amide bonds. The number of aromatic amines is 1. The van der Waals surface area contributed by atoms with E-state index in [1.165, 1.54) is 6.07 Å². The van der Waals surface area contributed by atoms with Crippen LogP contribution in [0.5, 0.6) is 0 Å². The predicted octanol–water partition coefficient (Wildman–Crippen LogP) is 3.39. The fourth-order valence-corrected chi connectivity index (χ4v) is 4.35. The molecule has 0 radical (unpaired) electrons. The van der Waals surface area contributed by atoms with Crippen LogP contribution in [0.4, 0.5) is 10.3 Å². The molecule has 2 N–H and O–H groups in total. The highest BCUT2D eigenvalue weighted by Crippen LogP contribution is 2.25. The highest BCUT2D eigenvalue weighted by molar-refractivity contribution is 5.95. The van der Waals surface area contributed by atoms with Gasteiger partial charge in [-0.15, -0.1) is 0 Å². The molecule has 1 aliphatic rings. The monoisotopic (exact) mass is 488 g/mol. The SMILES string of the molecule is CCC(Nc1ncc2c(n1)CN(C(=O)c1cc(Cc3n[nH]c(=O)c4ccccc34)ccc1F)C2)OC. The fourth-order valence-electron chi connectivity index (χ4n) is 4.35. The highest BCUT2D eigenvalue weighted by atomic mass is 19.1. The van der Waals surface area contributed by atoms with E-state index in [2.05, 4.69) is 25.5 Å². The maximum absolute atomic E-state index is 14.8. The Kier molecular flexibility index (Phi) is 6.43. The number of carbonyl (C=O) groups is 1. The average molecular weight is 489 g/mol. The quantitative estimate of drug-likeness (QED) is 0.384. The summed E-state index contributed by atoms with van der Waals surface area (Å²) in [5.41, 5.74) is 2.59. The first-order valence-electron chi connectivity index (χ1n) is 11.6. The lowest BCUT2D eigenvalue weighted by molar-refractivity contribution is 0.0745. The summed E-state index contributed by atoms with van der Waals surface area (Å²) in [4.78, 5) is 35.8. The molecule has 2 aromatic carbocycles. The number of hydrogen-bond acceptors (Lipinski definition) is 7. The summed E-state index contributed by atoms with van der Waals surface area (Å²) < 4.78 is 20.1.